The Labute approximate surface area is 183 Å². The zero-order valence-electron chi connectivity index (χ0n) is 20.9. The van der Waals surface area contributed by atoms with Crippen LogP contribution in [0.5, 0.6) is 11.5 Å². The minimum Gasteiger partial charge on any atom is -0.452 e. The zero-order chi connectivity index (χ0) is 24.1. The fraction of sp³-hybridized carbons (Fsp3) is 0.148. The summed E-state index contributed by atoms with van der Waals surface area (Å²) >= 11 is 0. The summed E-state index contributed by atoms with van der Waals surface area (Å²) in [7, 11) is 0. The van der Waals surface area contributed by atoms with Crippen molar-refractivity contribution in [2.45, 2.75) is 26.6 Å². The highest BCUT2D eigenvalue weighted by molar-refractivity contribution is 5.90. The van der Waals surface area contributed by atoms with Crippen molar-refractivity contribution in [3.63, 3.8) is 0 Å². The third-order valence-corrected chi connectivity index (χ3v) is 5.29. The SMILES string of the molecule is [2H]C([2H])([2H])c1cnc(-c2cccc3c2Oc2ccccc2N3c2ccccc2)cc1C([2H])(C)C. The van der Waals surface area contributed by atoms with Crippen LogP contribution in [0.25, 0.3) is 11.3 Å². The number of pyridine rings is 1. The van der Waals surface area contributed by atoms with Crippen molar-refractivity contribution in [2.24, 2.45) is 0 Å². The van der Waals surface area contributed by atoms with Gasteiger partial charge in [0, 0.05) is 22.9 Å². The molecule has 0 amide bonds. The second-order valence-electron chi connectivity index (χ2n) is 7.51. The van der Waals surface area contributed by atoms with Gasteiger partial charge in [-0.25, -0.2) is 0 Å². The molecule has 1 aliphatic rings. The maximum absolute atomic E-state index is 8.56. The van der Waals surface area contributed by atoms with Crippen molar-refractivity contribution in [1.29, 1.82) is 0 Å². The third-order valence-electron chi connectivity index (χ3n) is 5.29. The van der Waals surface area contributed by atoms with Gasteiger partial charge in [0.25, 0.3) is 0 Å². The highest BCUT2D eigenvalue weighted by Gasteiger charge is 2.28. The van der Waals surface area contributed by atoms with Gasteiger partial charge in [0.2, 0.25) is 0 Å². The van der Waals surface area contributed by atoms with Crippen LogP contribution in [0.3, 0.4) is 0 Å². The Balaban J connectivity index is 1.72. The number of para-hydroxylation sites is 4. The molecule has 1 aromatic heterocycles. The van der Waals surface area contributed by atoms with Crippen LogP contribution >= 0.6 is 0 Å². The van der Waals surface area contributed by atoms with E-state index in [0.717, 1.165) is 22.6 Å². The van der Waals surface area contributed by atoms with Crippen molar-refractivity contribution in [2.75, 3.05) is 4.90 Å². The number of fused-ring (bicyclic) bond motifs is 2. The summed E-state index contributed by atoms with van der Waals surface area (Å²) in [5.41, 5.74) is 4.59. The Morgan fingerprint density at radius 2 is 1.70 bits per heavy atom. The Morgan fingerprint density at radius 1 is 0.933 bits per heavy atom. The standard InChI is InChI=1S/C27H24N2O/c1-18(2)22-16-23(28-17-19(22)3)21-12-9-14-25-27(21)30-26-15-8-7-13-24(26)29(25)20-10-5-4-6-11-20/h4-18H,1-3H3/i3D3,18D. The van der Waals surface area contributed by atoms with Crippen LogP contribution in [-0.2, 0) is 0 Å². The lowest BCUT2D eigenvalue weighted by Crippen LogP contribution is -2.16. The molecule has 2 heterocycles. The molecule has 3 nitrogen and oxygen atoms in total. The fourth-order valence-corrected chi connectivity index (χ4v) is 3.85. The Bertz CT molecular complexity index is 1360. The van der Waals surface area contributed by atoms with E-state index < -0.39 is 12.7 Å². The molecule has 0 fully saturated rings. The van der Waals surface area contributed by atoms with E-state index in [1.165, 1.54) is 6.20 Å². The third kappa shape index (κ3) is 3.03. The van der Waals surface area contributed by atoms with Crippen LogP contribution in [0.4, 0.5) is 17.1 Å². The smallest absolute Gasteiger partial charge is 0.160 e. The maximum Gasteiger partial charge on any atom is 0.160 e. The van der Waals surface area contributed by atoms with Crippen LogP contribution in [-0.4, -0.2) is 4.98 Å². The molecule has 0 spiro atoms. The number of ether oxygens (including phenoxy) is 1. The van der Waals surface area contributed by atoms with E-state index in [4.69, 9.17) is 10.2 Å². The molecule has 0 unspecified atom stereocenters. The van der Waals surface area contributed by atoms with Gasteiger partial charge in [0.15, 0.2) is 11.5 Å². The number of benzene rings is 3. The lowest BCUT2D eigenvalue weighted by molar-refractivity contribution is 0.478. The summed E-state index contributed by atoms with van der Waals surface area (Å²) in [6.07, 6.45) is 1.37. The van der Waals surface area contributed by atoms with Crippen molar-refractivity contribution in [3.05, 3.63) is 96.2 Å². The monoisotopic (exact) mass is 396 g/mol. The molecule has 0 aliphatic carbocycles. The van der Waals surface area contributed by atoms with Gasteiger partial charge >= 0.3 is 0 Å². The number of hydrogen-bond donors (Lipinski definition) is 0. The lowest BCUT2D eigenvalue weighted by Gasteiger charge is -2.33. The average molecular weight is 397 g/mol. The topological polar surface area (TPSA) is 25.4 Å². The summed E-state index contributed by atoms with van der Waals surface area (Å²) in [6.45, 7) is 1.02. The Kier molecular flexibility index (Phi) is 3.52. The van der Waals surface area contributed by atoms with Crippen LogP contribution in [0.1, 0.15) is 36.4 Å². The summed E-state index contributed by atoms with van der Waals surface area (Å²) in [6, 6.07) is 25.5. The largest absolute Gasteiger partial charge is 0.452 e. The fourth-order valence-electron chi connectivity index (χ4n) is 3.85. The quantitative estimate of drug-likeness (QED) is 0.312. The zero-order valence-corrected chi connectivity index (χ0v) is 16.9. The minimum atomic E-state index is -2.35. The first kappa shape index (κ1) is 14.4. The molecule has 30 heavy (non-hydrogen) atoms. The number of aromatic nitrogens is 1. The second kappa shape index (κ2) is 7.34. The predicted molar refractivity (Wildman–Crippen MR) is 123 cm³/mol. The normalized spacial score (nSPS) is 15.1. The van der Waals surface area contributed by atoms with Gasteiger partial charge in [-0.3, -0.25) is 4.98 Å². The summed E-state index contributed by atoms with van der Waals surface area (Å²) in [4.78, 5) is 6.65. The van der Waals surface area contributed by atoms with Crippen LogP contribution in [0.15, 0.2) is 85.1 Å². The van der Waals surface area contributed by atoms with Gasteiger partial charge in [-0.05, 0) is 66.3 Å². The molecule has 5 rings (SSSR count). The highest BCUT2D eigenvalue weighted by Crippen LogP contribution is 2.53. The second-order valence-corrected chi connectivity index (χ2v) is 7.51. The first-order valence-corrected chi connectivity index (χ1v) is 9.91. The molecule has 148 valence electrons. The molecular weight excluding hydrogens is 368 g/mol. The molecule has 4 aromatic rings. The molecule has 0 saturated carbocycles. The van der Waals surface area contributed by atoms with E-state index in [9.17, 15) is 0 Å². The number of hydrogen-bond acceptors (Lipinski definition) is 3. The van der Waals surface area contributed by atoms with Gasteiger partial charge in [-0.15, -0.1) is 0 Å². The molecule has 0 saturated heterocycles. The van der Waals surface area contributed by atoms with Gasteiger partial charge in [-0.1, -0.05) is 50.2 Å². The van der Waals surface area contributed by atoms with Crippen molar-refractivity contribution in [1.82, 2.24) is 4.98 Å². The van der Waals surface area contributed by atoms with Crippen molar-refractivity contribution in [3.8, 4) is 22.8 Å². The number of aryl methyl sites for hydroxylation is 1. The molecule has 3 heteroatoms. The summed E-state index contributed by atoms with van der Waals surface area (Å²) < 4.78 is 38.7. The Hall–Kier alpha value is -3.59. The summed E-state index contributed by atoms with van der Waals surface area (Å²) in [5.74, 6) is 0.235. The van der Waals surface area contributed by atoms with E-state index in [-0.39, 0.29) is 5.56 Å². The molecule has 3 aromatic carbocycles. The molecule has 0 bridgehead atoms. The van der Waals surface area contributed by atoms with E-state index >= 15 is 0 Å². The van der Waals surface area contributed by atoms with Gasteiger partial charge < -0.3 is 9.64 Å². The predicted octanol–water partition coefficient (Wildman–Crippen LogP) is 7.76. The number of nitrogens with zero attached hydrogens (tertiary/aromatic N) is 2. The van der Waals surface area contributed by atoms with Crippen molar-refractivity contribution < 1.29 is 10.2 Å². The number of rotatable bonds is 3. The maximum atomic E-state index is 8.56. The summed E-state index contributed by atoms with van der Waals surface area (Å²) in [5, 5.41) is 0. The average Bonchev–Trinajstić information content (AvgIpc) is 2.81. The molecular formula is C27H24N2O. The van der Waals surface area contributed by atoms with Crippen LogP contribution in [0, 0.1) is 6.85 Å². The van der Waals surface area contributed by atoms with Crippen molar-refractivity contribution >= 4 is 17.1 Å². The van der Waals surface area contributed by atoms with E-state index in [1.54, 1.807) is 19.9 Å². The molecule has 0 N–H and O–H groups in total. The van der Waals surface area contributed by atoms with E-state index in [1.807, 2.05) is 72.8 Å². The first-order valence-electron chi connectivity index (χ1n) is 11.9. The van der Waals surface area contributed by atoms with Gasteiger partial charge in [-0.2, -0.15) is 0 Å². The van der Waals surface area contributed by atoms with Crippen LogP contribution < -0.4 is 9.64 Å². The van der Waals surface area contributed by atoms with Gasteiger partial charge in [0.1, 0.15) is 0 Å². The van der Waals surface area contributed by atoms with Crippen LogP contribution in [0.2, 0.25) is 0 Å². The minimum absolute atomic E-state index is 0.0956. The van der Waals surface area contributed by atoms with E-state index in [0.29, 0.717) is 22.8 Å². The number of anilines is 3. The lowest BCUT2D eigenvalue weighted by atomic mass is 9.96. The van der Waals surface area contributed by atoms with E-state index in [2.05, 4.69) is 9.88 Å². The highest BCUT2D eigenvalue weighted by atomic mass is 16.5. The molecule has 0 atom stereocenters. The molecule has 0 radical (unpaired) electrons. The Morgan fingerprint density at radius 3 is 2.50 bits per heavy atom. The molecule has 1 aliphatic heterocycles. The van der Waals surface area contributed by atoms with Gasteiger partial charge in [0.05, 0.1) is 17.1 Å². The first-order chi connectivity index (χ1) is 16.1.